The van der Waals surface area contributed by atoms with Crippen LogP contribution in [-0.2, 0) is 28.5 Å². The van der Waals surface area contributed by atoms with Gasteiger partial charge in [0.15, 0.2) is 0 Å². The normalized spacial score (nSPS) is 46.4. The Morgan fingerprint density at radius 2 is 1.46 bits per heavy atom. The third kappa shape index (κ3) is 7.38. The highest BCUT2D eigenvalue weighted by Gasteiger charge is 2.61. The number of esters is 1. The number of aliphatic hydroxyl groups is 3. The van der Waals surface area contributed by atoms with E-state index in [-0.39, 0.29) is 24.7 Å². The number of hydrogen-bond donors (Lipinski definition) is 4. The molecule has 0 aromatic carbocycles. The molecule has 2 saturated heterocycles. The largest absolute Gasteiger partial charge is 0.459 e. The summed E-state index contributed by atoms with van der Waals surface area (Å²) in [5, 5.41) is 38.3. The Hall–Kier alpha value is -1.14. The zero-order chi connectivity index (χ0) is 35.6. The van der Waals surface area contributed by atoms with E-state index in [0.29, 0.717) is 12.8 Å². The molecule has 0 spiro atoms. The molecule has 13 atom stereocenters. The average Bonchev–Trinajstić information content (AvgIpc) is 3.00. The van der Waals surface area contributed by atoms with Gasteiger partial charge in [-0.15, -0.1) is 0 Å². The summed E-state index contributed by atoms with van der Waals surface area (Å²) in [6, 6.07) is 0. The van der Waals surface area contributed by atoms with Crippen molar-refractivity contribution < 1.29 is 43.9 Å². The molecule has 2 aliphatic heterocycles. The number of ether oxygens (including phenoxy) is 4. The van der Waals surface area contributed by atoms with Crippen LogP contribution in [0.3, 0.4) is 0 Å². The Kier molecular flexibility index (Phi) is 13.5. The van der Waals surface area contributed by atoms with Gasteiger partial charge in [0, 0.05) is 44.9 Å². The van der Waals surface area contributed by atoms with Crippen LogP contribution in [0.1, 0.15) is 109 Å². The Balaban J connectivity index is 2.76. The predicted octanol–water partition coefficient (Wildman–Crippen LogP) is 4.30. The van der Waals surface area contributed by atoms with Gasteiger partial charge >= 0.3 is 5.97 Å². The quantitative estimate of drug-likeness (QED) is 0.220. The maximum atomic E-state index is 14.1. The van der Waals surface area contributed by atoms with Crippen molar-refractivity contribution in [2.75, 3.05) is 27.3 Å². The first-order valence-corrected chi connectivity index (χ1v) is 17.4. The van der Waals surface area contributed by atoms with Gasteiger partial charge in [0.25, 0.3) is 0 Å². The highest BCUT2D eigenvalue weighted by atomic mass is 16.6. The fourth-order valence-electron chi connectivity index (χ4n) is 8.34. The highest BCUT2D eigenvalue weighted by Crippen LogP contribution is 2.53. The number of ketones is 1. The summed E-state index contributed by atoms with van der Waals surface area (Å²) in [7, 11) is 3.24. The lowest BCUT2D eigenvalue weighted by Gasteiger charge is -2.57. The van der Waals surface area contributed by atoms with Crippen molar-refractivity contribution >= 4 is 11.8 Å². The number of rotatable bonds is 8. The minimum Gasteiger partial charge on any atom is -0.459 e. The van der Waals surface area contributed by atoms with Crippen LogP contribution >= 0.6 is 0 Å². The van der Waals surface area contributed by atoms with Crippen LogP contribution in [0.4, 0.5) is 0 Å². The maximum Gasteiger partial charge on any atom is 0.309 e. The number of carbonyl (C=O) groups excluding carboxylic acids is 2. The van der Waals surface area contributed by atoms with Crippen LogP contribution < -0.4 is 5.32 Å². The van der Waals surface area contributed by atoms with E-state index in [1.807, 2.05) is 34.6 Å². The van der Waals surface area contributed by atoms with E-state index < -0.39 is 81.9 Å². The van der Waals surface area contributed by atoms with E-state index in [4.69, 9.17) is 18.9 Å². The van der Waals surface area contributed by atoms with Gasteiger partial charge in [0.2, 0.25) is 0 Å². The van der Waals surface area contributed by atoms with Crippen LogP contribution in [-0.4, -0.2) is 101 Å². The molecule has 4 N–H and O–H groups in total. The standard InChI is InChI=1S/C36H67NO9/c1-15-17-37-20-36(42)25(7)45-26(19-34(36,11)44-14)28-22(4)31(40)46-27(16-2)35(12,41)30(39)23(5)29(38)21(3)18-33(10,43-13)32(8,9)24(28)6/h21-28,30,37,39,41-42H,15-20H2,1-14H3/t21-,22-,23+,24+,25+,26-,27-,28?,30-,33-,34-,35-,36+/m1/s1. The Bertz CT molecular complexity index is 1030. The summed E-state index contributed by atoms with van der Waals surface area (Å²) in [6.45, 7) is 23.6. The SMILES string of the molecule is CCCNC[C@]1(O)[C@H](C)O[C@@H](C2[C@@H](C)C(=O)O[C@H](CC)[C@@](C)(O)[C@H](O)[C@@H](C)C(=O)[C@H](C)C[C@@](C)(OC)C(C)(C)[C@H]2C)C[C@@]1(C)OC. The summed E-state index contributed by atoms with van der Waals surface area (Å²) in [5.41, 5.74) is -5.66. The third-order valence-electron chi connectivity index (χ3n) is 12.7. The molecule has 46 heavy (non-hydrogen) atoms. The van der Waals surface area contributed by atoms with Crippen molar-refractivity contribution in [3.8, 4) is 0 Å². The molecule has 2 rings (SSSR count). The summed E-state index contributed by atoms with van der Waals surface area (Å²) in [4.78, 5) is 27.9. The zero-order valence-electron chi connectivity index (χ0n) is 31.2. The van der Waals surface area contributed by atoms with Crippen molar-refractivity contribution in [2.24, 2.45) is 35.0 Å². The lowest BCUT2D eigenvalue weighted by molar-refractivity contribution is -0.284. The predicted molar refractivity (Wildman–Crippen MR) is 178 cm³/mol. The van der Waals surface area contributed by atoms with Gasteiger partial charge in [-0.05, 0) is 64.8 Å². The van der Waals surface area contributed by atoms with E-state index in [2.05, 4.69) is 33.0 Å². The molecule has 0 aliphatic carbocycles. The molecule has 2 aliphatic rings. The number of methoxy groups -OCH3 is 2. The molecule has 0 aromatic heterocycles. The van der Waals surface area contributed by atoms with Crippen LogP contribution in [0.25, 0.3) is 0 Å². The monoisotopic (exact) mass is 657 g/mol. The number of aliphatic hydroxyl groups excluding tert-OH is 1. The molecule has 0 radical (unpaired) electrons. The van der Waals surface area contributed by atoms with Gasteiger partial charge in [0.05, 0.1) is 35.4 Å². The van der Waals surface area contributed by atoms with Gasteiger partial charge in [-0.3, -0.25) is 9.59 Å². The highest BCUT2D eigenvalue weighted by molar-refractivity contribution is 5.83. The first kappa shape index (κ1) is 41.0. The molecule has 0 bridgehead atoms. The molecule has 1 unspecified atom stereocenters. The second-order valence-electron chi connectivity index (χ2n) is 15.7. The van der Waals surface area contributed by atoms with E-state index in [1.165, 1.54) is 6.92 Å². The Labute approximate surface area is 278 Å². The molecule has 0 aromatic rings. The van der Waals surface area contributed by atoms with E-state index >= 15 is 0 Å². The average molecular weight is 658 g/mol. The molecule has 0 amide bonds. The number of carbonyl (C=O) groups is 2. The number of cyclic esters (lactones) is 1. The summed E-state index contributed by atoms with van der Waals surface area (Å²) in [5.74, 6) is -3.50. The van der Waals surface area contributed by atoms with Crippen molar-refractivity contribution in [1.29, 1.82) is 0 Å². The van der Waals surface area contributed by atoms with Crippen molar-refractivity contribution in [2.45, 2.75) is 156 Å². The van der Waals surface area contributed by atoms with Gasteiger partial charge in [0.1, 0.15) is 23.1 Å². The number of Topliss-reactive ketones (excluding diaryl/α,β-unsaturated/α-hetero) is 1. The second-order valence-corrected chi connectivity index (χ2v) is 15.7. The first-order chi connectivity index (χ1) is 21.1. The third-order valence-corrected chi connectivity index (χ3v) is 12.7. The van der Waals surface area contributed by atoms with Crippen molar-refractivity contribution in [3.63, 3.8) is 0 Å². The van der Waals surface area contributed by atoms with E-state index in [1.54, 1.807) is 28.1 Å². The van der Waals surface area contributed by atoms with Crippen LogP contribution in [0.5, 0.6) is 0 Å². The van der Waals surface area contributed by atoms with E-state index in [9.17, 15) is 24.9 Å². The van der Waals surface area contributed by atoms with Crippen LogP contribution in [0.15, 0.2) is 0 Å². The molecule has 270 valence electrons. The molecule has 0 saturated carbocycles. The zero-order valence-corrected chi connectivity index (χ0v) is 31.2. The molecule has 2 heterocycles. The van der Waals surface area contributed by atoms with Crippen LogP contribution in [0.2, 0.25) is 0 Å². The lowest BCUT2D eigenvalue weighted by atomic mass is 9.57. The van der Waals surface area contributed by atoms with Gasteiger partial charge < -0.3 is 39.6 Å². The van der Waals surface area contributed by atoms with Crippen molar-refractivity contribution in [1.82, 2.24) is 5.32 Å². The molecular formula is C36H67NO9. The van der Waals surface area contributed by atoms with Crippen LogP contribution in [0, 0.1) is 35.0 Å². The minimum atomic E-state index is -1.87. The topological polar surface area (TPSA) is 144 Å². The Morgan fingerprint density at radius 3 is 1.96 bits per heavy atom. The fraction of sp³-hybridized carbons (Fsp3) is 0.944. The minimum absolute atomic E-state index is 0.195. The summed E-state index contributed by atoms with van der Waals surface area (Å²) >= 11 is 0. The Morgan fingerprint density at radius 1 is 0.891 bits per heavy atom. The fourth-order valence-corrected chi connectivity index (χ4v) is 8.34. The second kappa shape index (κ2) is 15.2. The summed E-state index contributed by atoms with van der Waals surface area (Å²) in [6.07, 6.45) is -1.85. The summed E-state index contributed by atoms with van der Waals surface area (Å²) < 4.78 is 25.1. The molecular weight excluding hydrogens is 590 g/mol. The van der Waals surface area contributed by atoms with E-state index in [0.717, 1.165) is 13.0 Å². The maximum absolute atomic E-state index is 14.1. The lowest BCUT2D eigenvalue weighted by Crippen LogP contribution is -2.70. The number of nitrogens with one attached hydrogen (secondary N) is 1. The molecule has 10 nitrogen and oxygen atoms in total. The number of hydrogen-bond acceptors (Lipinski definition) is 10. The molecule has 10 heteroatoms. The van der Waals surface area contributed by atoms with Gasteiger partial charge in [-0.25, -0.2) is 0 Å². The smallest absolute Gasteiger partial charge is 0.309 e. The van der Waals surface area contributed by atoms with Gasteiger partial charge in [-0.2, -0.15) is 0 Å². The van der Waals surface area contributed by atoms with Gasteiger partial charge in [-0.1, -0.05) is 55.4 Å². The van der Waals surface area contributed by atoms with Crippen molar-refractivity contribution in [3.05, 3.63) is 0 Å². The molecule has 2 fully saturated rings. The first-order valence-electron chi connectivity index (χ1n) is 17.4.